The standard InChI is InChI=1S/C11H9I2NO5S/c1-5-9(19-20(16,17)14-11(5)15)6-3-7(12)10(18-2)8(13)4-6/h3-4H,1-2H3,(H,14,15). The number of nitrogens with one attached hydrogen (secondary N) is 1. The van der Waals surface area contributed by atoms with E-state index in [1.165, 1.54) is 6.92 Å². The number of benzene rings is 1. The van der Waals surface area contributed by atoms with Crippen LogP contribution in [0.25, 0.3) is 5.76 Å². The Kier molecular flexibility index (Phi) is 4.49. The van der Waals surface area contributed by atoms with Gasteiger partial charge in [0.1, 0.15) is 5.75 Å². The summed E-state index contributed by atoms with van der Waals surface area (Å²) in [7, 11) is -2.54. The second-order valence-corrected chi connectivity index (χ2v) is 7.50. The fraction of sp³-hybridized carbons (Fsp3) is 0.182. The molecule has 0 saturated heterocycles. The van der Waals surface area contributed by atoms with Crippen molar-refractivity contribution in [1.82, 2.24) is 4.72 Å². The zero-order chi connectivity index (χ0) is 15.1. The summed E-state index contributed by atoms with van der Waals surface area (Å²) < 4.78 is 36.4. The van der Waals surface area contributed by atoms with Gasteiger partial charge in [-0.1, -0.05) is 0 Å². The molecule has 1 aromatic carbocycles. The number of ether oxygens (including phenoxy) is 1. The molecule has 0 spiro atoms. The molecule has 0 fully saturated rings. The molecule has 20 heavy (non-hydrogen) atoms. The molecule has 0 saturated carbocycles. The summed E-state index contributed by atoms with van der Waals surface area (Å²) in [6.07, 6.45) is 0. The average molecular weight is 521 g/mol. The third-order valence-corrected chi connectivity index (χ3v) is 4.98. The third-order valence-electron chi connectivity index (χ3n) is 2.56. The Balaban J connectivity index is 2.61. The molecule has 1 amide bonds. The van der Waals surface area contributed by atoms with Crippen LogP contribution in [-0.2, 0) is 19.3 Å². The molecule has 2 rings (SSSR count). The van der Waals surface area contributed by atoms with Crippen LogP contribution in [0.1, 0.15) is 12.5 Å². The van der Waals surface area contributed by atoms with Crippen molar-refractivity contribution in [2.24, 2.45) is 0 Å². The summed E-state index contributed by atoms with van der Waals surface area (Å²) in [4.78, 5) is 11.6. The first-order valence-electron chi connectivity index (χ1n) is 5.26. The van der Waals surface area contributed by atoms with Crippen LogP contribution >= 0.6 is 45.2 Å². The highest BCUT2D eigenvalue weighted by Gasteiger charge is 2.30. The summed E-state index contributed by atoms with van der Waals surface area (Å²) in [6, 6.07) is 3.41. The van der Waals surface area contributed by atoms with Crippen LogP contribution in [0.3, 0.4) is 0 Å². The van der Waals surface area contributed by atoms with E-state index in [1.807, 2.05) is 0 Å². The normalized spacial score (nSPS) is 17.5. The Morgan fingerprint density at radius 2 is 1.80 bits per heavy atom. The molecule has 0 unspecified atom stereocenters. The first kappa shape index (κ1) is 15.8. The molecule has 1 aliphatic heterocycles. The number of hydrogen-bond acceptors (Lipinski definition) is 5. The van der Waals surface area contributed by atoms with Gasteiger partial charge in [0.2, 0.25) is 0 Å². The minimum Gasteiger partial charge on any atom is -0.495 e. The minimum atomic E-state index is -4.10. The summed E-state index contributed by atoms with van der Waals surface area (Å²) >= 11 is 4.14. The quantitative estimate of drug-likeness (QED) is 0.603. The number of halogens is 2. The lowest BCUT2D eigenvalue weighted by Gasteiger charge is -2.19. The van der Waals surface area contributed by atoms with Gasteiger partial charge in [-0.05, 0) is 64.2 Å². The molecule has 0 aromatic heterocycles. The van der Waals surface area contributed by atoms with Crippen molar-refractivity contribution >= 4 is 67.2 Å². The molecular weight excluding hydrogens is 512 g/mol. The van der Waals surface area contributed by atoms with Gasteiger partial charge >= 0.3 is 10.3 Å². The maximum absolute atomic E-state index is 11.6. The lowest BCUT2D eigenvalue weighted by molar-refractivity contribution is -0.116. The fourth-order valence-electron chi connectivity index (χ4n) is 1.64. The van der Waals surface area contributed by atoms with Gasteiger partial charge in [-0.2, -0.15) is 8.42 Å². The molecule has 108 valence electrons. The largest absolute Gasteiger partial charge is 0.495 e. The van der Waals surface area contributed by atoms with E-state index >= 15 is 0 Å². The smallest absolute Gasteiger partial charge is 0.410 e. The Labute approximate surface area is 143 Å². The van der Waals surface area contributed by atoms with Crippen molar-refractivity contribution in [2.75, 3.05) is 7.11 Å². The predicted molar refractivity (Wildman–Crippen MR) is 89.2 cm³/mol. The summed E-state index contributed by atoms with van der Waals surface area (Å²) in [5.41, 5.74) is 0.715. The van der Waals surface area contributed by atoms with Crippen LogP contribution in [-0.4, -0.2) is 21.4 Å². The predicted octanol–water partition coefficient (Wildman–Crippen LogP) is 2.03. The third kappa shape index (κ3) is 3.03. The van der Waals surface area contributed by atoms with Gasteiger partial charge in [0.05, 0.1) is 19.8 Å². The molecule has 0 bridgehead atoms. The second-order valence-electron chi connectivity index (χ2n) is 3.90. The van der Waals surface area contributed by atoms with E-state index in [2.05, 4.69) is 45.2 Å². The van der Waals surface area contributed by atoms with Crippen LogP contribution < -0.4 is 9.46 Å². The van der Waals surface area contributed by atoms with Gasteiger partial charge in [0.15, 0.2) is 5.76 Å². The first-order valence-corrected chi connectivity index (χ1v) is 8.82. The van der Waals surface area contributed by atoms with Crippen molar-refractivity contribution in [3.05, 3.63) is 30.4 Å². The van der Waals surface area contributed by atoms with E-state index in [-0.39, 0.29) is 11.3 Å². The van der Waals surface area contributed by atoms with Crippen LogP contribution in [0.5, 0.6) is 5.75 Å². The van der Waals surface area contributed by atoms with Gasteiger partial charge in [0.25, 0.3) is 5.91 Å². The molecule has 1 aromatic rings. The van der Waals surface area contributed by atoms with E-state index in [0.29, 0.717) is 11.3 Å². The number of hydrogen-bond donors (Lipinski definition) is 1. The zero-order valence-corrected chi connectivity index (χ0v) is 15.5. The topological polar surface area (TPSA) is 81.7 Å². The van der Waals surface area contributed by atoms with Gasteiger partial charge in [0, 0.05) is 5.56 Å². The van der Waals surface area contributed by atoms with Crippen molar-refractivity contribution in [3.8, 4) is 5.75 Å². The Bertz CT molecular complexity index is 703. The van der Waals surface area contributed by atoms with Crippen molar-refractivity contribution < 1.29 is 22.1 Å². The molecule has 6 nitrogen and oxygen atoms in total. The number of carbonyl (C=O) groups excluding carboxylic acids is 1. The molecular formula is C11H9I2NO5S. The van der Waals surface area contributed by atoms with Gasteiger partial charge < -0.3 is 8.92 Å². The Hall–Kier alpha value is -0.560. The Morgan fingerprint density at radius 1 is 1.25 bits per heavy atom. The van der Waals surface area contributed by atoms with Crippen molar-refractivity contribution in [3.63, 3.8) is 0 Å². The number of amides is 1. The first-order chi connectivity index (χ1) is 9.25. The molecule has 1 aliphatic rings. The second kappa shape index (κ2) is 5.67. The number of carbonyl (C=O) groups is 1. The summed E-state index contributed by atoms with van der Waals surface area (Å²) in [5.74, 6) is 0.0376. The lowest BCUT2D eigenvalue weighted by Crippen LogP contribution is -2.37. The number of methoxy groups -OCH3 is 1. The maximum atomic E-state index is 11.6. The van der Waals surface area contributed by atoms with Crippen LogP contribution in [0.2, 0.25) is 0 Å². The molecule has 9 heteroatoms. The van der Waals surface area contributed by atoms with Gasteiger partial charge in [-0.15, -0.1) is 0 Å². The highest BCUT2D eigenvalue weighted by atomic mass is 127. The van der Waals surface area contributed by atoms with E-state index < -0.39 is 16.2 Å². The fourth-order valence-corrected chi connectivity index (χ4v) is 4.71. The van der Waals surface area contributed by atoms with Crippen LogP contribution in [0.15, 0.2) is 17.7 Å². The van der Waals surface area contributed by atoms with E-state index in [4.69, 9.17) is 8.92 Å². The molecule has 0 aliphatic carbocycles. The van der Waals surface area contributed by atoms with E-state index in [1.54, 1.807) is 24.0 Å². The summed E-state index contributed by atoms with van der Waals surface area (Å²) in [6.45, 7) is 1.50. The molecule has 0 radical (unpaired) electrons. The highest BCUT2D eigenvalue weighted by molar-refractivity contribution is 14.1. The minimum absolute atomic E-state index is 0.0345. The summed E-state index contributed by atoms with van der Waals surface area (Å²) in [5, 5.41) is 0. The molecule has 0 atom stereocenters. The van der Waals surface area contributed by atoms with Crippen LogP contribution in [0.4, 0.5) is 0 Å². The molecule has 1 heterocycles. The highest BCUT2D eigenvalue weighted by Crippen LogP contribution is 2.33. The van der Waals surface area contributed by atoms with Crippen molar-refractivity contribution in [1.29, 1.82) is 0 Å². The SMILES string of the molecule is COc1c(I)cc(C2=C(C)C(=O)NS(=O)(=O)O2)cc1I. The lowest BCUT2D eigenvalue weighted by atomic mass is 10.1. The van der Waals surface area contributed by atoms with Crippen LogP contribution in [0, 0.1) is 7.14 Å². The van der Waals surface area contributed by atoms with Gasteiger partial charge in [-0.3, -0.25) is 4.79 Å². The Morgan fingerprint density at radius 3 is 2.30 bits per heavy atom. The molecule has 1 N–H and O–H groups in total. The zero-order valence-electron chi connectivity index (χ0n) is 10.4. The monoisotopic (exact) mass is 521 g/mol. The number of rotatable bonds is 2. The maximum Gasteiger partial charge on any atom is 0.410 e. The van der Waals surface area contributed by atoms with E-state index in [0.717, 1.165) is 7.14 Å². The van der Waals surface area contributed by atoms with Gasteiger partial charge in [-0.25, -0.2) is 4.72 Å². The van der Waals surface area contributed by atoms with Crippen molar-refractivity contribution in [2.45, 2.75) is 6.92 Å². The van der Waals surface area contributed by atoms with E-state index in [9.17, 15) is 13.2 Å². The average Bonchev–Trinajstić information content (AvgIpc) is 2.33.